The van der Waals surface area contributed by atoms with Gasteiger partial charge in [0.1, 0.15) is 11.5 Å². The van der Waals surface area contributed by atoms with Gasteiger partial charge in [0.05, 0.1) is 23.7 Å². The first-order valence-electron chi connectivity index (χ1n) is 11.5. The molecule has 0 saturated carbocycles. The van der Waals surface area contributed by atoms with Gasteiger partial charge in [0, 0.05) is 18.7 Å². The van der Waals surface area contributed by atoms with Crippen molar-refractivity contribution in [3.05, 3.63) is 89.2 Å². The second-order valence-electron chi connectivity index (χ2n) is 8.77. The molecule has 0 amide bonds. The van der Waals surface area contributed by atoms with Gasteiger partial charge in [0.15, 0.2) is 5.82 Å². The molecule has 4 aromatic rings. The summed E-state index contributed by atoms with van der Waals surface area (Å²) in [7, 11) is 1.35. The maximum absolute atomic E-state index is 13.6. The number of aryl methyl sites for hydroxylation is 1. The van der Waals surface area contributed by atoms with Crippen LogP contribution in [0.15, 0.2) is 66.7 Å². The van der Waals surface area contributed by atoms with E-state index in [2.05, 4.69) is 36.1 Å². The summed E-state index contributed by atoms with van der Waals surface area (Å²) in [5, 5.41) is 0. The zero-order valence-electron chi connectivity index (χ0n) is 19.3. The van der Waals surface area contributed by atoms with Crippen LogP contribution in [0.3, 0.4) is 0 Å². The van der Waals surface area contributed by atoms with E-state index in [0.717, 1.165) is 37.3 Å². The van der Waals surface area contributed by atoms with Crippen molar-refractivity contribution in [2.45, 2.75) is 25.7 Å². The fourth-order valence-electron chi connectivity index (χ4n) is 4.57. The molecule has 0 bridgehead atoms. The maximum atomic E-state index is 13.6. The Morgan fingerprint density at radius 2 is 1.65 bits per heavy atom. The van der Waals surface area contributed by atoms with Gasteiger partial charge >= 0.3 is 5.97 Å². The quantitative estimate of drug-likeness (QED) is 0.358. The van der Waals surface area contributed by atoms with Crippen LogP contribution in [0.5, 0.6) is 0 Å². The molecule has 6 heteroatoms. The molecule has 2 heterocycles. The zero-order valence-corrected chi connectivity index (χ0v) is 19.3. The van der Waals surface area contributed by atoms with E-state index in [9.17, 15) is 9.18 Å². The number of piperidine rings is 1. The summed E-state index contributed by atoms with van der Waals surface area (Å²) in [5.74, 6) is 0.578. The summed E-state index contributed by atoms with van der Waals surface area (Å²) in [6.45, 7) is 3.82. The fourth-order valence-corrected chi connectivity index (χ4v) is 4.57. The van der Waals surface area contributed by atoms with Crippen molar-refractivity contribution in [2.75, 3.05) is 25.1 Å². The maximum Gasteiger partial charge on any atom is 0.337 e. The molecule has 1 saturated heterocycles. The molecule has 1 fully saturated rings. The van der Waals surface area contributed by atoms with Crippen LogP contribution >= 0.6 is 0 Å². The lowest BCUT2D eigenvalue weighted by molar-refractivity contribution is 0.0601. The molecule has 0 atom stereocenters. The van der Waals surface area contributed by atoms with Gasteiger partial charge in [0.2, 0.25) is 0 Å². The molecule has 3 aromatic carbocycles. The van der Waals surface area contributed by atoms with E-state index in [1.54, 1.807) is 30.3 Å². The summed E-state index contributed by atoms with van der Waals surface area (Å²) in [4.78, 5) is 24.1. The first-order valence-corrected chi connectivity index (χ1v) is 11.5. The number of methoxy groups -OCH3 is 1. The lowest BCUT2D eigenvalue weighted by Crippen LogP contribution is -2.34. The van der Waals surface area contributed by atoms with E-state index in [4.69, 9.17) is 14.7 Å². The van der Waals surface area contributed by atoms with Crippen molar-refractivity contribution < 1.29 is 13.9 Å². The van der Waals surface area contributed by atoms with Crippen molar-refractivity contribution in [2.24, 2.45) is 0 Å². The van der Waals surface area contributed by atoms with Crippen LogP contribution < -0.4 is 4.90 Å². The topological polar surface area (TPSA) is 55.3 Å². The van der Waals surface area contributed by atoms with Gasteiger partial charge in [-0.2, -0.15) is 0 Å². The van der Waals surface area contributed by atoms with Crippen LogP contribution in [0.2, 0.25) is 0 Å². The molecule has 1 aliphatic rings. The molecule has 0 unspecified atom stereocenters. The third-order valence-electron chi connectivity index (χ3n) is 6.53. The van der Waals surface area contributed by atoms with Gasteiger partial charge < -0.3 is 9.64 Å². The van der Waals surface area contributed by atoms with E-state index in [0.29, 0.717) is 28.2 Å². The highest BCUT2D eigenvalue weighted by molar-refractivity contribution is 5.94. The smallest absolute Gasteiger partial charge is 0.337 e. The molecule has 0 spiro atoms. The summed E-state index contributed by atoms with van der Waals surface area (Å²) < 4.78 is 18.5. The van der Waals surface area contributed by atoms with Gasteiger partial charge in [-0.1, -0.05) is 29.8 Å². The SMILES string of the molecule is COC(=O)c1ccc2nc(N3CCC(c4ccc(C)cc4)CC3)c(-c3ccc(F)cc3)nc2c1. The molecule has 0 aliphatic carbocycles. The molecule has 34 heavy (non-hydrogen) atoms. The predicted molar refractivity (Wildman–Crippen MR) is 132 cm³/mol. The van der Waals surface area contributed by atoms with Crippen molar-refractivity contribution in [3.8, 4) is 11.3 Å². The van der Waals surface area contributed by atoms with Gasteiger partial charge in [-0.3, -0.25) is 0 Å². The Morgan fingerprint density at radius 1 is 0.941 bits per heavy atom. The average molecular weight is 456 g/mol. The van der Waals surface area contributed by atoms with Gasteiger partial charge in [-0.05, 0) is 73.7 Å². The Labute approximate surface area is 198 Å². The number of halogens is 1. The number of aromatic nitrogens is 2. The Balaban J connectivity index is 1.51. The van der Waals surface area contributed by atoms with E-state index in [1.165, 1.54) is 30.4 Å². The molecule has 0 radical (unpaired) electrons. The number of carbonyl (C=O) groups is 1. The Morgan fingerprint density at radius 3 is 2.32 bits per heavy atom. The number of nitrogens with zero attached hydrogens (tertiary/aromatic N) is 3. The van der Waals surface area contributed by atoms with E-state index < -0.39 is 5.97 Å². The molecule has 1 aromatic heterocycles. The number of carbonyl (C=O) groups excluding carboxylic acids is 1. The number of hydrogen-bond donors (Lipinski definition) is 0. The largest absolute Gasteiger partial charge is 0.465 e. The Bertz CT molecular complexity index is 1330. The van der Waals surface area contributed by atoms with Gasteiger partial charge in [0.25, 0.3) is 0 Å². The summed E-state index contributed by atoms with van der Waals surface area (Å²) in [6, 6.07) is 20.3. The van der Waals surface area contributed by atoms with Crippen LogP contribution in [0.25, 0.3) is 22.3 Å². The lowest BCUT2D eigenvalue weighted by Gasteiger charge is -2.34. The normalized spacial score (nSPS) is 14.4. The first kappa shape index (κ1) is 22.0. The number of esters is 1. The minimum absolute atomic E-state index is 0.300. The highest BCUT2D eigenvalue weighted by Crippen LogP contribution is 2.35. The van der Waals surface area contributed by atoms with Crippen LogP contribution in [0.4, 0.5) is 10.2 Å². The molecule has 172 valence electrons. The van der Waals surface area contributed by atoms with Gasteiger partial charge in [-0.15, -0.1) is 0 Å². The standard InChI is InChI=1S/C28H26FN3O2/c1-18-3-5-19(6-4-18)20-13-15-32(16-14-20)27-26(21-7-10-23(29)11-8-21)30-25-17-22(28(33)34-2)9-12-24(25)31-27/h3-12,17,20H,13-16H2,1-2H3. The second-order valence-corrected chi connectivity index (χ2v) is 8.77. The minimum Gasteiger partial charge on any atom is -0.465 e. The van der Waals surface area contributed by atoms with Crippen molar-refractivity contribution >= 4 is 22.8 Å². The van der Waals surface area contributed by atoms with Crippen LogP contribution in [0, 0.1) is 12.7 Å². The number of rotatable bonds is 4. The van der Waals surface area contributed by atoms with Crippen LogP contribution in [-0.2, 0) is 4.74 Å². The second kappa shape index (κ2) is 9.21. The van der Waals surface area contributed by atoms with Crippen molar-refractivity contribution in [1.29, 1.82) is 0 Å². The molecular weight excluding hydrogens is 429 g/mol. The average Bonchev–Trinajstić information content (AvgIpc) is 2.88. The third-order valence-corrected chi connectivity index (χ3v) is 6.53. The molecule has 5 nitrogen and oxygen atoms in total. The molecule has 1 aliphatic heterocycles. The predicted octanol–water partition coefficient (Wildman–Crippen LogP) is 5.91. The fraction of sp³-hybridized carbons (Fsp3) is 0.250. The highest BCUT2D eigenvalue weighted by Gasteiger charge is 2.25. The number of ether oxygens (including phenoxy) is 1. The van der Waals surface area contributed by atoms with Crippen LogP contribution in [0.1, 0.15) is 40.2 Å². The lowest BCUT2D eigenvalue weighted by atomic mass is 9.89. The number of benzene rings is 3. The third kappa shape index (κ3) is 4.36. The Hall–Kier alpha value is -3.80. The number of hydrogen-bond acceptors (Lipinski definition) is 5. The van der Waals surface area contributed by atoms with Crippen molar-refractivity contribution in [1.82, 2.24) is 9.97 Å². The van der Waals surface area contributed by atoms with E-state index in [-0.39, 0.29) is 5.82 Å². The first-order chi connectivity index (χ1) is 16.5. The molecular formula is C28H26FN3O2. The highest BCUT2D eigenvalue weighted by atomic mass is 19.1. The Kier molecular flexibility index (Phi) is 5.97. The summed E-state index contributed by atoms with van der Waals surface area (Å²) >= 11 is 0. The number of anilines is 1. The summed E-state index contributed by atoms with van der Waals surface area (Å²) in [6.07, 6.45) is 2.04. The minimum atomic E-state index is -0.422. The molecule has 0 N–H and O–H groups in total. The van der Waals surface area contributed by atoms with Gasteiger partial charge in [-0.25, -0.2) is 19.2 Å². The van der Waals surface area contributed by atoms with Crippen molar-refractivity contribution in [3.63, 3.8) is 0 Å². The van der Waals surface area contributed by atoms with E-state index in [1.807, 2.05) is 0 Å². The van der Waals surface area contributed by atoms with E-state index >= 15 is 0 Å². The monoisotopic (exact) mass is 455 g/mol. The summed E-state index contributed by atoms with van der Waals surface area (Å²) in [5.41, 5.74) is 5.84. The zero-order chi connectivity index (χ0) is 23.7. The van der Waals surface area contributed by atoms with Crippen LogP contribution in [-0.4, -0.2) is 36.1 Å². The number of fused-ring (bicyclic) bond motifs is 1. The molecule has 5 rings (SSSR count).